The van der Waals surface area contributed by atoms with Crippen LogP contribution in [-0.2, 0) is 19.5 Å². The summed E-state index contributed by atoms with van der Waals surface area (Å²) < 4.78 is 12.5. The fraction of sp³-hybridized carbons (Fsp3) is 0.273. The van der Waals surface area contributed by atoms with E-state index in [1.165, 1.54) is 17.2 Å². The summed E-state index contributed by atoms with van der Waals surface area (Å²) in [6.45, 7) is 1.54. The molecule has 2 aromatic carbocycles. The maximum atomic E-state index is 13.3. The van der Waals surface area contributed by atoms with Crippen molar-refractivity contribution in [1.82, 2.24) is 9.47 Å². The molecule has 3 aromatic rings. The monoisotopic (exact) mass is 392 g/mol. The minimum atomic E-state index is -0.492. The average molecular weight is 392 g/mol. The lowest BCUT2D eigenvalue weighted by atomic mass is 9.99. The molecule has 2 aliphatic heterocycles. The standard InChI is InChI=1S/C22H20N2O5/c1-28-15-10-16-19-17(11-15)29-9-8-24(19)22(27)18(20(16)25)21(26)23-7-6-13-4-2-3-5-14(13)12-23/h2-5,10-11,25H,6-9,12H2,1H3. The highest BCUT2D eigenvalue weighted by atomic mass is 16.5. The summed E-state index contributed by atoms with van der Waals surface area (Å²) in [5, 5.41) is 11.3. The summed E-state index contributed by atoms with van der Waals surface area (Å²) in [6, 6.07) is 11.3. The van der Waals surface area contributed by atoms with Gasteiger partial charge in [-0.25, -0.2) is 0 Å². The quantitative estimate of drug-likeness (QED) is 0.724. The van der Waals surface area contributed by atoms with Crippen LogP contribution in [0.4, 0.5) is 0 Å². The third kappa shape index (κ3) is 2.65. The van der Waals surface area contributed by atoms with Gasteiger partial charge in [0.05, 0.1) is 19.2 Å². The van der Waals surface area contributed by atoms with Crippen LogP contribution >= 0.6 is 0 Å². The zero-order valence-electron chi connectivity index (χ0n) is 16.0. The van der Waals surface area contributed by atoms with Crippen molar-refractivity contribution >= 4 is 16.8 Å². The van der Waals surface area contributed by atoms with Gasteiger partial charge in [-0.3, -0.25) is 9.59 Å². The Hall–Kier alpha value is -3.48. The summed E-state index contributed by atoms with van der Waals surface area (Å²) in [5.41, 5.74) is 2.07. The van der Waals surface area contributed by atoms with E-state index in [9.17, 15) is 14.7 Å². The van der Waals surface area contributed by atoms with Crippen LogP contribution in [0.15, 0.2) is 41.2 Å². The van der Waals surface area contributed by atoms with E-state index in [2.05, 4.69) is 6.07 Å². The van der Waals surface area contributed by atoms with E-state index in [1.54, 1.807) is 17.0 Å². The number of rotatable bonds is 2. The number of benzene rings is 2. The lowest BCUT2D eigenvalue weighted by molar-refractivity contribution is 0.0729. The van der Waals surface area contributed by atoms with Crippen LogP contribution in [-0.4, -0.2) is 40.7 Å². The lowest BCUT2D eigenvalue weighted by Crippen LogP contribution is -2.40. The molecule has 1 amide bonds. The fourth-order valence-corrected chi connectivity index (χ4v) is 4.22. The van der Waals surface area contributed by atoms with Crippen molar-refractivity contribution in [2.75, 3.05) is 20.3 Å². The molecule has 148 valence electrons. The van der Waals surface area contributed by atoms with E-state index in [1.807, 2.05) is 18.2 Å². The Morgan fingerprint density at radius 1 is 1.17 bits per heavy atom. The molecule has 29 heavy (non-hydrogen) atoms. The van der Waals surface area contributed by atoms with Crippen molar-refractivity contribution in [3.63, 3.8) is 0 Å². The first kappa shape index (κ1) is 17.6. The van der Waals surface area contributed by atoms with Gasteiger partial charge in [-0.05, 0) is 23.6 Å². The number of carbonyl (C=O) groups excluding carboxylic acids is 1. The fourth-order valence-electron chi connectivity index (χ4n) is 4.22. The van der Waals surface area contributed by atoms with E-state index in [0.29, 0.717) is 48.6 Å². The summed E-state index contributed by atoms with van der Waals surface area (Å²) >= 11 is 0. The minimum Gasteiger partial charge on any atom is -0.506 e. The minimum absolute atomic E-state index is 0.196. The van der Waals surface area contributed by atoms with Gasteiger partial charge in [0, 0.05) is 24.5 Å². The first-order valence-corrected chi connectivity index (χ1v) is 9.55. The van der Waals surface area contributed by atoms with Gasteiger partial charge in [0.15, 0.2) is 0 Å². The molecule has 0 aliphatic carbocycles. The van der Waals surface area contributed by atoms with Crippen molar-refractivity contribution in [2.45, 2.75) is 19.5 Å². The number of fused-ring (bicyclic) bond motifs is 1. The number of ether oxygens (including phenoxy) is 2. The van der Waals surface area contributed by atoms with Crippen LogP contribution in [0.3, 0.4) is 0 Å². The van der Waals surface area contributed by atoms with E-state index in [-0.39, 0.29) is 11.3 Å². The first-order valence-electron chi connectivity index (χ1n) is 9.55. The largest absolute Gasteiger partial charge is 0.506 e. The van der Waals surface area contributed by atoms with Gasteiger partial charge >= 0.3 is 0 Å². The summed E-state index contributed by atoms with van der Waals surface area (Å²) in [6.07, 6.45) is 0.719. The number of carbonyl (C=O) groups is 1. The SMILES string of the molecule is COc1cc2c3c(c1)c(O)c(C(=O)N1CCc4ccccc4C1)c(=O)n3CCO2. The molecule has 0 atom stereocenters. The predicted octanol–water partition coefficient (Wildman–Crippen LogP) is 2.31. The molecule has 0 radical (unpaired) electrons. The van der Waals surface area contributed by atoms with Crippen LogP contribution in [0.5, 0.6) is 17.2 Å². The third-order valence-corrected chi connectivity index (χ3v) is 5.71. The Morgan fingerprint density at radius 3 is 2.76 bits per heavy atom. The van der Waals surface area contributed by atoms with Crippen molar-refractivity contribution in [1.29, 1.82) is 0 Å². The maximum absolute atomic E-state index is 13.3. The van der Waals surface area contributed by atoms with E-state index >= 15 is 0 Å². The molecule has 0 bridgehead atoms. The molecule has 7 heteroatoms. The van der Waals surface area contributed by atoms with Gasteiger partial charge in [0.25, 0.3) is 11.5 Å². The summed E-state index contributed by atoms with van der Waals surface area (Å²) in [4.78, 5) is 28.1. The van der Waals surface area contributed by atoms with E-state index in [4.69, 9.17) is 9.47 Å². The first-order chi connectivity index (χ1) is 14.1. The lowest BCUT2D eigenvalue weighted by Gasteiger charge is -2.29. The zero-order chi connectivity index (χ0) is 20.1. The van der Waals surface area contributed by atoms with Gasteiger partial charge in [0.1, 0.15) is 29.4 Å². The Balaban J connectivity index is 1.66. The molecule has 5 rings (SSSR count). The molecule has 0 unspecified atom stereocenters. The van der Waals surface area contributed by atoms with Gasteiger partial charge in [-0.15, -0.1) is 0 Å². The zero-order valence-corrected chi connectivity index (χ0v) is 16.0. The number of amides is 1. The maximum Gasteiger partial charge on any atom is 0.267 e. The van der Waals surface area contributed by atoms with Gasteiger partial charge in [-0.2, -0.15) is 0 Å². The normalized spacial score (nSPS) is 15.0. The van der Waals surface area contributed by atoms with Crippen molar-refractivity contribution in [2.24, 2.45) is 0 Å². The molecular formula is C22H20N2O5. The smallest absolute Gasteiger partial charge is 0.267 e. The number of methoxy groups -OCH3 is 1. The van der Waals surface area contributed by atoms with Gasteiger partial charge < -0.3 is 24.0 Å². The molecule has 7 nitrogen and oxygen atoms in total. The summed E-state index contributed by atoms with van der Waals surface area (Å²) in [5.74, 6) is 0.170. The topological polar surface area (TPSA) is 81.0 Å². The predicted molar refractivity (Wildman–Crippen MR) is 107 cm³/mol. The number of hydrogen-bond acceptors (Lipinski definition) is 5. The highest BCUT2D eigenvalue weighted by Crippen LogP contribution is 2.38. The number of pyridine rings is 1. The Morgan fingerprint density at radius 2 is 1.97 bits per heavy atom. The molecule has 0 spiro atoms. The molecular weight excluding hydrogens is 372 g/mol. The Bertz CT molecular complexity index is 1210. The highest BCUT2D eigenvalue weighted by Gasteiger charge is 2.30. The number of aromatic hydroxyl groups is 1. The number of nitrogens with zero attached hydrogens (tertiary/aromatic N) is 2. The Labute approximate surface area is 166 Å². The second-order valence-electron chi connectivity index (χ2n) is 7.30. The van der Waals surface area contributed by atoms with Crippen LogP contribution in [0.2, 0.25) is 0 Å². The van der Waals surface area contributed by atoms with Gasteiger partial charge in [-0.1, -0.05) is 24.3 Å². The van der Waals surface area contributed by atoms with E-state index in [0.717, 1.165) is 12.0 Å². The Kier molecular flexibility index (Phi) is 3.97. The molecule has 3 heterocycles. The van der Waals surface area contributed by atoms with Crippen LogP contribution in [0.25, 0.3) is 10.9 Å². The molecule has 1 N–H and O–H groups in total. The van der Waals surface area contributed by atoms with Crippen molar-refractivity contribution < 1.29 is 19.4 Å². The van der Waals surface area contributed by atoms with E-state index < -0.39 is 11.5 Å². The second kappa shape index (κ2) is 6.55. The third-order valence-electron chi connectivity index (χ3n) is 5.71. The van der Waals surface area contributed by atoms with Crippen molar-refractivity contribution in [3.05, 3.63) is 63.4 Å². The summed E-state index contributed by atoms with van der Waals surface area (Å²) in [7, 11) is 1.51. The highest BCUT2D eigenvalue weighted by molar-refractivity contribution is 6.04. The average Bonchev–Trinajstić information content (AvgIpc) is 2.76. The molecule has 2 aliphatic rings. The molecule has 1 aromatic heterocycles. The van der Waals surface area contributed by atoms with Crippen LogP contribution in [0, 0.1) is 0 Å². The van der Waals surface area contributed by atoms with Gasteiger partial charge in [0.2, 0.25) is 0 Å². The van der Waals surface area contributed by atoms with Crippen LogP contribution < -0.4 is 15.0 Å². The van der Waals surface area contributed by atoms with Crippen LogP contribution in [0.1, 0.15) is 21.5 Å². The van der Waals surface area contributed by atoms with Crippen molar-refractivity contribution in [3.8, 4) is 17.2 Å². The number of hydrogen-bond donors (Lipinski definition) is 1. The molecule has 0 saturated heterocycles. The number of aromatic nitrogens is 1. The second-order valence-corrected chi connectivity index (χ2v) is 7.30. The molecule has 0 saturated carbocycles. The molecule has 0 fully saturated rings.